The molecule has 0 atom stereocenters. The van der Waals surface area contributed by atoms with Crippen molar-refractivity contribution in [2.75, 3.05) is 46.4 Å². The van der Waals surface area contributed by atoms with Crippen LogP contribution in [0.2, 0.25) is 0 Å². The molecule has 1 amide bonds. The molecule has 2 fully saturated rings. The maximum atomic E-state index is 12.7. The number of likely N-dealkylation sites (tertiary alicyclic amines) is 2. The number of nitrogens with zero attached hydrogens (tertiary/aromatic N) is 4. The van der Waals surface area contributed by atoms with E-state index in [0.717, 1.165) is 62.1 Å². The van der Waals surface area contributed by atoms with E-state index in [4.69, 9.17) is 14.2 Å². The molecular formula is C31H36N4O4. The Kier molecular flexibility index (Phi) is 7.37. The molecule has 2 aromatic carbocycles. The fraction of sp³-hybridized carbons (Fsp3) is 0.452. The number of carbonyl (C=O) groups is 1. The summed E-state index contributed by atoms with van der Waals surface area (Å²) in [7, 11) is 1.64. The molecule has 204 valence electrons. The minimum Gasteiger partial charge on any atom is -0.493 e. The van der Waals surface area contributed by atoms with E-state index in [9.17, 15) is 4.79 Å². The SMILES string of the molecule is COc1cc2c(Oc3ccc4c(c3)C=C(C)C4)ncnc2cc1OCC1CCN(C(=O)CN2CCCC2)CC1. The van der Waals surface area contributed by atoms with E-state index in [-0.39, 0.29) is 5.91 Å². The Bertz CT molecular complexity index is 1390. The minimum atomic E-state index is 0.261. The molecule has 0 bridgehead atoms. The Balaban J connectivity index is 1.10. The lowest BCUT2D eigenvalue weighted by molar-refractivity contribution is -0.133. The number of rotatable bonds is 8. The molecule has 1 aromatic heterocycles. The van der Waals surface area contributed by atoms with Gasteiger partial charge in [0.15, 0.2) is 11.5 Å². The molecule has 3 aromatic rings. The Morgan fingerprint density at radius 2 is 1.85 bits per heavy atom. The summed E-state index contributed by atoms with van der Waals surface area (Å²) in [5.41, 5.74) is 4.59. The second-order valence-electron chi connectivity index (χ2n) is 10.9. The van der Waals surface area contributed by atoms with E-state index < -0.39 is 0 Å². The van der Waals surface area contributed by atoms with Crippen LogP contribution in [0.5, 0.6) is 23.1 Å². The largest absolute Gasteiger partial charge is 0.493 e. The van der Waals surface area contributed by atoms with Gasteiger partial charge in [0.2, 0.25) is 11.8 Å². The summed E-state index contributed by atoms with van der Waals surface area (Å²) in [5, 5.41) is 0.763. The molecule has 0 spiro atoms. The molecular weight excluding hydrogens is 492 g/mol. The Labute approximate surface area is 229 Å². The number of amides is 1. The monoisotopic (exact) mass is 528 g/mol. The van der Waals surface area contributed by atoms with E-state index >= 15 is 0 Å². The predicted octanol–water partition coefficient (Wildman–Crippen LogP) is 5.10. The van der Waals surface area contributed by atoms with Crippen LogP contribution in [0, 0.1) is 5.92 Å². The van der Waals surface area contributed by atoms with Gasteiger partial charge in [-0.1, -0.05) is 17.7 Å². The van der Waals surface area contributed by atoms with Gasteiger partial charge < -0.3 is 19.1 Å². The number of fused-ring (bicyclic) bond motifs is 2. The van der Waals surface area contributed by atoms with E-state index in [1.54, 1.807) is 7.11 Å². The number of hydrogen-bond acceptors (Lipinski definition) is 7. The van der Waals surface area contributed by atoms with Crippen molar-refractivity contribution in [1.29, 1.82) is 0 Å². The topological polar surface area (TPSA) is 77.0 Å². The zero-order valence-corrected chi connectivity index (χ0v) is 22.8. The van der Waals surface area contributed by atoms with Crippen LogP contribution in [0.15, 0.2) is 42.2 Å². The smallest absolute Gasteiger partial charge is 0.236 e. The molecule has 1 aliphatic carbocycles. The molecule has 2 saturated heterocycles. The summed E-state index contributed by atoms with van der Waals surface area (Å²) in [6.45, 7) is 6.97. The number of methoxy groups -OCH3 is 1. The molecule has 3 aliphatic rings. The summed E-state index contributed by atoms with van der Waals surface area (Å²) in [6, 6.07) is 9.93. The first-order chi connectivity index (χ1) is 19.1. The van der Waals surface area contributed by atoms with Gasteiger partial charge in [-0.25, -0.2) is 9.97 Å². The minimum absolute atomic E-state index is 0.261. The molecule has 39 heavy (non-hydrogen) atoms. The Morgan fingerprint density at radius 3 is 2.64 bits per heavy atom. The lowest BCUT2D eigenvalue weighted by Gasteiger charge is -2.33. The van der Waals surface area contributed by atoms with Crippen molar-refractivity contribution in [1.82, 2.24) is 19.8 Å². The normalized spacial score (nSPS) is 17.8. The third-order valence-corrected chi connectivity index (χ3v) is 8.09. The second kappa shape index (κ2) is 11.2. The van der Waals surface area contributed by atoms with Crippen LogP contribution in [-0.2, 0) is 11.2 Å². The van der Waals surface area contributed by atoms with Crippen molar-refractivity contribution in [3.05, 3.63) is 53.4 Å². The lowest BCUT2D eigenvalue weighted by atomic mass is 9.97. The van der Waals surface area contributed by atoms with Crippen LogP contribution in [-0.4, -0.2) is 72.1 Å². The summed E-state index contributed by atoms with van der Waals surface area (Å²) in [5.74, 6) is 3.15. The van der Waals surface area contributed by atoms with Gasteiger partial charge in [-0.3, -0.25) is 9.69 Å². The average molecular weight is 529 g/mol. The highest BCUT2D eigenvalue weighted by Gasteiger charge is 2.26. The summed E-state index contributed by atoms with van der Waals surface area (Å²) < 4.78 is 18.1. The van der Waals surface area contributed by atoms with Crippen molar-refractivity contribution in [3.63, 3.8) is 0 Å². The Morgan fingerprint density at radius 1 is 1.03 bits per heavy atom. The number of allylic oxidation sites excluding steroid dienone is 1. The summed E-state index contributed by atoms with van der Waals surface area (Å²) in [4.78, 5) is 25.8. The van der Waals surface area contributed by atoms with Crippen molar-refractivity contribution in [2.45, 2.75) is 39.0 Å². The third-order valence-electron chi connectivity index (χ3n) is 8.09. The summed E-state index contributed by atoms with van der Waals surface area (Å²) in [6.07, 6.45) is 9.00. The zero-order chi connectivity index (χ0) is 26.8. The van der Waals surface area contributed by atoms with Gasteiger partial charge in [0.05, 0.1) is 31.2 Å². The fourth-order valence-corrected chi connectivity index (χ4v) is 5.84. The quantitative estimate of drug-likeness (QED) is 0.402. The zero-order valence-electron chi connectivity index (χ0n) is 22.8. The highest BCUT2D eigenvalue weighted by Crippen LogP contribution is 2.37. The number of ether oxygens (including phenoxy) is 3. The summed E-state index contributed by atoms with van der Waals surface area (Å²) >= 11 is 0. The molecule has 2 aliphatic heterocycles. The maximum absolute atomic E-state index is 12.7. The van der Waals surface area contributed by atoms with Crippen LogP contribution < -0.4 is 14.2 Å². The van der Waals surface area contributed by atoms with Crippen LogP contribution in [0.3, 0.4) is 0 Å². The van der Waals surface area contributed by atoms with Crippen molar-refractivity contribution in [2.24, 2.45) is 5.92 Å². The van der Waals surface area contributed by atoms with Gasteiger partial charge in [-0.15, -0.1) is 0 Å². The first-order valence-electron chi connectivity index (χ1n) is 14.0. The molecule has 3 heterocycles. The van der Waals surface area contributed by atoms with Crippen molar-refractivity contribution >= 4 is 22.9 Å². The predicted molar refractivity (Wildman–Crippen MR) is 150 cm³/mol. The highest BCUT2D eigenvalue weighted by molar-refractivity contribution is 5.87. The number of benzene rings is 2. The van der Waals surface area contributed by atoms with Gasteiger partial charge in [0.1, 0.15) is 12.1 Å². The maximum Gasteiger partial charge on any atom is 0.236 e. The van der Waals surface area contributed by atoms with Crippen molar-refractivity contribution in [3.8, 4) is 23.1 Å². The van der Waals surface area contributed by atoms with E-state index in [0.29, 0.717) is 36.4 Å². The van der Waals surface area contributed by atoms with E-state index in [2.05, 4.69) is 40.0 Å². The fourth-order valence-electron chi connectivity index (χ4n) is 5.84. The molecule has 6 rings (SSSR count). The number of piperidine rings is 1. The average Bonchev–Trinajstić information content (AvgIpc) is 3.60. The van der Waals surface area contributed by atoms with Crippen LogP contribution in [0.1, 0.15) is 43.7 Å². The van der Waals surface area contributed by atoms with Gasteiger partial charge in [0, 0.05) is 19.2 Å². The first-order valence-corrected chi connectivity index (χ1v) is 14.0. The van der Waals surface area contributed by atoms with Crippen LogP contribution >= 0.6 is 0 Å². The first kappa shape index (κ1) is 25.6. The van der Waals surface area contributed by atoms with Gasteiger partial charge >= 0.3 is 0 Å². The third kappa shape index (κ3) is 5.71. The van der Waals surface area contributed by atoms with E-state index in [1.165, 1.54) is 35.9 Å². The van der Waals surface area contributed by atoms with Gasteiger partial charge in [-0.2, -0.15) is 0 Å². The number of hydrogen-bond donors (Lipinski definition) is 0. The Hall–Kier alpha value is -3.65. The molecule has 0 radical (unpaired) electrons. The lowest BCUT2D eigenvalue weighted by Crippen LogP contribution is -2.44. The highest BCUT2D eigenvalue weighted by atomic mass is 16.5. The second-order valence-corrected chi connectivity index (χ2v) is 10.9. The standard InChI is InChI=1S/C31H36N4O4/c1-21-13-23-5-6-25(15-24(23)14-21)39-31-26-16-28(37-2)29(17-27(26)32-20-33-31)38-19-22-7-11-35(12-8-22)30(36)18-34-9-3-4-10-34/h5-6,14-17,20,22H,3-4,7-13,18-19H2,1-2H3. The molecule has 0 saturated carbocycles. The van der Waals surface area contributed by atoms with Crippen LogP contribution in [0.25, 0.3) is 17.0 Å². The van der Waals surface area contributed by atoms with E-state index in [1.807, 2.05) is 23.1 Å². The van der Waals surface area contributed by atoms with Gasteiger partial charge in [-0.05, 0) is 87.4 Å². The molecule has 0 N–H and O–H groups in total. The molecule has 8 heteroatoms. The molecule has 0 unspecified atom stereocenters. The van der Waals surface area contributed by atoms with Crippen LogP contribution in [0.4, 0.5) is 0 Å². The molecule has 8 nitrogen and oxygen atoms in total. The van der Waals surface area contributed by atoms with Gasteiger partial charge in [0.25, 0.3) is 0 Å². The number of aromatic nitrogens is 2. The van der Waals surface area contributed by atoms with Crippen molar-refractivity contribution < 1.29 is 19.0 Å². The number of carbonyl (C=O) groups excluding carboxylic acids is 1.